The standard InChI is InChI=1S/C25H26N2O6/c1-16(14-20(28)22-23(29)21(31-3)11-13-27-22)25(30)32-17(2)24(18-8-7-12-26-15-18)33-19-9-5-4-6-10-19/h4-13,15-17,24,29H,14H2,1-3H3/t16-,17+,24-/m1/s1. The smallest absolute Gasteiger partial charge is 0.309 e. The first-order chi connectivity index (χ1) is 15.9. The maximum absolute atomic E-state index is 12.8. The number of esters is 1. The first-order valence-electron chi connectivity index (χ1n) is 10.5. The minimum atomic E-state index is -0.765. The number of rotatable bonds is 10. The van der Waals surface area contributed by atoms with Crippen LogP contribution in [0.4, 0.5) is 0 Å². The summed E-state index contributed by atoms with van der Waals surface area (Å²) in [7, 11) is 1.38. The highest BCUT2D eigenvalue weighted by atomic mass is 16.6. The molecule has 3 aromatic rings. The number of aromatic nitrogens is 2. The summed E-state index contributed by atoms with van der Waals surface area (Å²) in [6, 6.07) is 14.3. The number of hydrogen-bond donors (Lipinski definition) is 1. The van der Waals surface area contributed by atoms with E-state index in [0.717, 1.165) is 5.56 Å². The van der Waals surface area contributed by atoms with Crippen molar-refractivity contribution in [1.82, 2.24) is 9.97 Å². The molecule has 8 nitrogen and oxygen atoms in total. The fourth-order valence-electron chi connectivity index (χ4n) is 3.25. The van der Waals surface area contributed by atoms with E-state index in [4.69, 9.17) is 14.2 Å². The Morgan fingerprint density at radius 1 is 1.03 bits per heavy atom. The number of carbonyl (C=O) groups is 2. The van der Waals surface area contributed by atoms with Crippen LogP contribution >= 0.6 is 0 Å². The second-order valence-electron chi connectivity index (χ2n) is 7.52. The van der Waals surface area contributed by atoms with E-state index in [1.54, 1.807) is 32.3 Å². The lowest BCUT2D eigenvalue weighted by Crippen LogP contribution is -2.30. The summed E-state index contributed by atoms with van der Waals surface area (Å²) >= 11 is 0. The third kappa shape index (κ3) is 6.06. The van der Waals surface area contributed by atoms with Gasteiger partial charge in [0, 0.05) is 36.6 Å². The Labute approximate surface area is 192 Å². The van der Waals surface area contributed by atoms with Gasteiger partial charge in [0.25, 0.3) is 0 Å². The highest BCUT2D eigenvalue weighted by Gasteiger charge is 2.29. The van der Waals surface area contributed by atoms with E-state index in [1.165, 1.54) is 19.4 Å². The van der Waals surface area contributed by atoms with Crippen molar-refractivity contribution in [2.24, 2.45) is 5.92 Å². The lowest BCUT2D eigenvalue weighted by atomic mass is 10.0. The number of hydrogen-bond acceptors (Lipinski definition) is 8. The summed E-state index contributed by atoms with van der Waals surface area (Å²) in [4.78, 5) is 33.4. The van der Waals surface area contributed by atoms with Crippen molar-refractivity contribution in [3.05, 3.63) is 78.4 Å². The van der Waals surface area contributed by atoms with Crippen LogP contribution in [-0.4, -0.2) is 40.0 Å². The Morgan fingerprint density at radius 3 is 2.45 bits per heavy atom. The van der Waals surface area contributed by atoms with Gasteiger partial charge in [0.2, 0.25) is 0 Å². The van der Waals surface area contributed by atoms with E-state index in [9.17, 15) is 14.7 Å². The average Bonchev–Trinajstić information content (AvgIpc) is 2.83. The molecule has 3 atom stereocenters. The predicted molar refractivity (Wildman–Crippen MR) is 120 cm³/mol. The Morgan fingerprint density at radius 2 is 1.79 bits per heavy atom. The largest absolute Gasteiger partial charge is 0.503 e. The molecule has 0 aliphatic carbocycles. The molecule has 8 heteroatoms. The molecule has 1 N–H and O–H groups in total. The molecule has 0 aliphatic heterocycles. The molecule has 0 fully saturated rings. The summed E-state index contributed by atoms with van der Waals surface area (Å²) in [6.45, 7) is 3.31. The highest BCUT2D eigenvalue weighted by Crippen LogP contribution is 2.30. The number of carbonyl (C=O) groups excluding carboxylic acids is 2. The summed E-state index contributed by atoms with van der Waals surface area (Å²) in [5, 5.41) is 10.1. The van der Waals surface area contributed by atoms with Crippen LogP contribution in [0, 0.1) is 5.92 Å². The van der Waals surface area contributed by atoms with Crippen LogP contribution in [0.2, 0.25) is 0 Å². The molecular weight excluding hydrogens is 424 g/mol. The summed E-state index contributed by atoms with van der Waals surface area (Å²) < 4.78 is 16.8. The first kappa shape index (κ1) is 23.7. The van der Waals surface area contributed by atoms with Gasteiger partial charge >= 0.3 is 5.97 Å². The van der Waals surface area contributed by atoms with Crippen molar-refractivity contribution in [1.29, 1.82) is 0 Å². The molecule has 3 rings (SSSR count). The Kier molecular flexibility index (Phi) is 7.96. The van der Waals surface area contributed by atoms with E-state index in [2.05, 4.69) is 9.97 Å². The molecule has 0 aliphatic rings. The van der Waals surface area contributed by atoms with E-state index in [1.807, 2.05) is 36.4 Å². The number of ketones is 1. The van der Waals surface area contributed by atoms with Gasteiger partial charge in [0.1, 0.15) is 11.9 Å². The zero-order chi connectivity index (χ0) is 23.8. The minimum absolute atomic E-state index is 0.134. The van der Waals surface area contributed by atoms with Crippen LogP contribution in [-0.2, 0) is 9.53 Å². The van der Waals surface area contributed by atoms with Crippen LogP contribution in [0.15, 0.2) is 67.1 Å². The van der Waals surface area contributed by atoms with Crippen LogP contribution < -0.4 is 9.47 Å². The summed E-state index contributed by atoms with van der Waals surface area (Å²) in [5.74, 6) is -1.42. The van der Waals surface area contributed by atoms with Crippen LogP contribution in [0.1, 0.15) is 42.4 Å². The van der Waals surface area contributed by atoms with Gasteiger partial charge in [0.05, 0.1) is 13.0 Å². The maximum atomic E-state index is 12.8. The second kappa shape index (κ2) is 11.1. The molecule has 0 saturated carbocycles. The summed E-state index contributed by atoms with van der Waals surface area (Å²) in [5.41, 5.74) is 0.596. The van der Waals surface area contributed by atoms with E-state index < -0.39 is 29.9 Å². The molecule has 2 aromatic heterocycles. The number of nitrogens with zero attached hydrogens (tertiary/aromatic N) is 2. The van der Waals surface area contributed by atoms with E-state index in [0.29, 0.717) is 5.75 Å². The normalized spacial score (nSPS) is 13.4. The van der Waals surface area contributed by atoms with Gasteiger partial charge in [0.15, 0.2) is 29.1 Å². The molecule has 0 bridgehead atoms. The fourth-order valence-corrected chi connectivity index (χ4v) is 3.25. The lowest BCUT2D eigenvalue weighted by molar-refractivity contribution is -0.157. The Bertz CT molecular complexity index is 1070. The Balaban J connectivity index is 1.69. The van der Waals surface area contributed by atoms with Crippen molar-refractivity contribution < 1.29 is 28.9 Å². The third-order valence-corrected chi connectivity index (χ3v) is 5.01. The number of Topliss-reactive ketones (excluding diaryl/α,β-unsaturated/α-hetero) is 1. The van der Waals surface area contributed by atoms with Gasteiger partial charge in [-0.05, 0) is 25.1 Å². The predicted octanol–water partition coefficient (Wildman–Crippen LogP) is 4.15. The molecule has 0 unspecified atom stereocenters. The number of ether oxygens (including phenoxy) is 3. The minimum Gasteiger partial charge on any atom is -0.503 e. The molecule has 0 saturated heterocycles. The zero-order valence-corrected chi connectivity index (χ0v) is 18.7. The van der Waals surface area contributed by atoms with Gasteiger partial charge in [-0.2, -0.15) is 0 Å². The van der Waals surface area contributed by atoms with Crippen molar-refractivity contribution in [2.45, 2.75) is 32.5 Å². The molecule has 0 radical (unpaired) electrons. The van der Waals surface area contributed by atoms with Gasteiger partial charge in [-0.15, -0.1) is 0 Å². The Hall–Kier alpha value is -3.94. The molecular formula is C25H26N2O6. The molecule has 0 spiro atoms. The molecule has 1 aromatic carbocycles. The monoisotopic (exact) mass is 450 g/mol. The molecule has 33 heavy (non-hydrogen) atoms. The van der Waals surface area contributed by atoms with Crippen LogP contribution in [0.5, 0.6) is 17.2 Å². The second-order valence-corrected chi connectivity index (χ2v) is 7.52. The van der Waals surface area contributed by atoms with Gasteiger partial charge in [-0.25, -0.2) is 4.98 Å². The number of para-hydroxylation sites is 1. The first-order valence-corrected chi connectivity index (χ1v) is 10.5. The van der Waals surface area contributed by atoms with Crippen LogP contribution in [0.3, 0.4) is 0 Å². The van der Waals surface area contributed by atoms with E-state index in [-0.39, 0.29) is 23.6 Å². The maximum Gasteiger partial charge on any atom is 0.309 e. The van der Waals surface area contributed by atoms with Crippen LogP contribution in [0.25, 0.3) is 0 Å². The van der Waals surface area contributed by atoms with E-state index >= 15 is 0 Å². The average molecular weight is 450 g/mol. The van der Waals surface area contributed by atoms with Crippen molar-refractivity contribution >= 4 is 11.8 Å². The molecule has 172 valence electrons. The van der Waals surface area contributed by atoms with Crippen molar-refractivity contribution in [2.75, 3.05) is 7.11 Å². The highest BCUT2D eigenvalue weighted by molar-refractivity contribution is 5.99. The van der Waals surface area contributed by atoms with Gasteiger partial charge in [-0.3, -0.25) is 14.6 Å². The summed E-state index contributed by atoms with van der Waals surface area (Å²) in [6.07, 6.45) is 3.21. The number of pyridine rings is 2. The fraction of sp³-hybridized carbons (Fsp3) is 0.280. The zero-order valence-electron chi connectivity index (χ0n) is 18.7. The third-order valence-electron chi connectivity index (χ3n) is 5.01. The SMILES string of the molecule is COc1ccnc(C(=O)C[C@@H](C)C(=O)O[C@@H](C)[C@@H](Oc2ccccc2)c2cccnc2)c1O. The number of aromatic hydroxyl groups is 1. The quantitative estimate of drug-likeness (QED) is 0.363. The van der Waals surface area contributed by atoms with Gasteiger partial charge in [-0.1, -0.05) is 31.2 Å². The van der Waals surface area contributed by atoms with Crippen molar-refractivity contribution in [3.63, 3.8) is 0 Å². The molecule has 2 heterocycles. The molecule has 0 amide bonds. The van der Waals surface area contributed by atoms with Crippen molar-refractivity contribution in [3.8, 4) is 17.2 Å². The topological polar surface area (TPSA) is 108 Å². The lowest BCUT2D eigenvalue weighted by Gasteiger charge is -2.26. The number of benzene rings is 1. The van der Waals surface area contributed by atoms with Gasteiger partial charge < -0.3 is 19.3 Å². The number of methoxy groups -OCH3 is 1.